The van der Waals surface area contributed by atoms with Gasteiger partial charge in [-0.2, -0.15) is 0 Å². The van der Waals surface area contributed by atoms with Gasteiger partial charge in [-0.1, -0.05) is 41.0 Å². The Kier molecular flexibility index (Phi) is 9.91. The Morgan fingerprint density at radius 2 is 1.82 bits per heavy atom. The normalized spacial score (nSPS) is 20.5. The van der Waals surface area contributed by atoms with E-state index in [1.165, 1.54) is 0 Å². The Bertz CT molecular complexity index is 505. The van der Waals surface area contributed by atoms with E-state index in [2.05, 4.69) is 39.9 Å². The maximum atomic E-state index is 13.0. The number of amides is 2. The van der Waals surface area contributed by atoms with Crippen molar-refractivity contribution in [1.29, 1.82) is 0 Å². The first-order chi connectivity index (χ1) is 13.0. The summed E-state index contributed by atoms with van der Waals surface area (Å²) in [6.45, 7) is 12.5. The number of methoxy groups -OCH3 is 2. The third kappa shape index (κ3) is 8.48. The molecule has 0 radical (unpaired) electrons. The lowest BCUT2D eigenvalue weighted by Crippen LogP contribution is -2.42. The number of nitrogens with one attached hydrogen (secondary N) is 1. The smallest absolute Gasteiger partial charge is 0.223 e. The summed E-state index contributed by atoms with van der Waals surface area (Å²) in [5.74, 6) is 0.281. The van der Waals surface area contributed by atoms with Crippen LogP contribution in [0.15, 0.2) is 0 Å². The summed E-state index contributed by atoms with van der Waals surface area (Å²) in [6, 6.07) is 0.0871. The van der Waals surface area contributed by atoms with Gasteiger partial charge in [0.15, 0.2) is 0 Å². The fourth-order valence-electron chi connectivity index (χ4n) is 4.40. The van der Waals surface area contributed by atoms with Gasteiger partial charge in [0.05, 0.1) is 18.8 Å². The summed E-state index contributed by atoms with van der Waals surface area (Å²) in [5.41, 5.74) is -0.227. The van der Waals surface area contributed by atoms with Crippen molar-refractivity contribution in [2.75, 3.05) is 33.9 Å². The average molecular weight is 399 g/mol. The summed E-state index contributed by atoms with van der Waals surface area (Å²) in [6.07, 6.45) is 4.79. The number of hydrogen-bond donors (Lipinski definition) is 1. The lowest BCUT2D eigenvalue weighted by atomic mass is 9.73. The number of rotatable bonds is 12. The Balaban J connectivity index is 2.60. The third-order valence-electron chi connectivity index (χ3n) is 5.50. The largest absolute Gasteiger partial charge is 0.383 e. The maximum absolute atomic E-state index is 13.0. The van der Waals surface area contributed by atoms with Gasteiger partial charge in [0.1, 0.15) is 0 Å². The van der Waals surface area contributed by atoms with E-state index in [-0.39, 0.29) is 34.8 Å². The fourth-order valence-corrected chi connectivity index (χ4v) is 4.40. The van der Waals surface area contributed by atoms with Crippen LogP contribution in [-0.2, 0) is 19.1 Å². The summed E-state index contributed by atoms with van der Waals surface area (Å²) in [7, 11) is 3.37. The van der Waals surface area contributed by atoms with Gasteiger partial charge in [0.2, 0.25) is 11.8 Å². The van der Waals surface area contributed by atoms with E-state index in [0.717, 1.165) is 25.7 Å². The van der Waals surface area contributed by atoms with E-state index in [4.69, 9.17) is 9.47 Å². The van der Waals surface area contributed by atoms with E-state index in [1.54, 1.807) is 14.2 Å². The molecule has 1 aliphatic heterocycles. The van der Waals surface area contributed by atoms with Gasteiger partial charge in [-0.15, -0.1) is 0 Å². The molecule has 0 aliphatic carbocycles. The van der Waals surface area contributed by atoms with Crippen LogP contribution in [0.3, 0.4) is 0 Å². The number of carbonyl (C=O) groups is 2. The van der Waals surface area contributed by atoms with E-state index in [0.29, 0.717) is 32.5 Å². The molecule has 2 amide bonds. The van der Waals surface area contributed by atoms with Crippen LogP contribution in [0.1, 0.15) is 73.1 Å². The summed E-state index contributed by atoms with van der Waals surface area (Å²) >= 11 is 0. The van der Waals surface area contributed by atoms with Crippen molar-refractivity contribution in [2.24, 2.45) is 10.8 Å². The van der Waals surface area contributed by atoms with Gasteiger partial charge in [0.25, 0.3) is 0 Å². The zero-order valence-corrected chi connectivity index (χ0v) is 19.1. The monoisotopic (exact) mass is 398 g/mol. The quantitative estimate of drug-likeness (QED) is 0.547. The first kappa shape index (κ1) is 24.9. The minimum Gasteiger partial charge on any atom is -0.383 e. The summed E-state index contributed by atoms with van der Waals surface area (Å²) in [4.78, 5) is 26.9. The summed E-state index contributed by atoms with van der Waals surface area (Å²) < 4.78 is 10.8. The molecule has 6 heteroatoms. The standard InChI is InChI=1S/C22H42N2O4/c1-8-9-10-19(25)23-16-22(4,5)15-21(2,3)12-20(26)24-13-18(28-7)11-17(24)14-27-6/h17-18H,8-16H2,1-7H3,(H,23,25). The molecule has 0 aromatic carbocycles. The van der Waals surface area contributed by atoms with E-state index in [9.17, 15) is 9.59 Å². The van der Waals surface area contributed by atoms with Crippen LogP contribution >= 0.6 is 0 Å². The average Bonchev–Trinajstić information content (AvgIpc) is 3.00. The molecule has 0 saturated carbocycles. The SMILES string of the molecule is CCCCC(=O)NCC(C)(C)CC(C)(C)CC(=O)N1CC(OC)CC1COC. The van der Waals surface area contributed by atoms with E-state index in [1.807, 2.05) is 4.90 Å². The topological polar surface area (TPSA) is 67.9 Å². The second-order valence-corrected chi connectivity index (χ2v) is 9.81. The number of ether oxygens (including phenoxy) is 2. The predicted octanol–water partition coefficient (Wildman–Crippen LogP) is 3.39. The zero-order valence-electron chi connectivity index (χ0n) is 19.1. The molecule has 2 unspecified atom stereocenters. The van der Waals surface area contributed by atoms with Gasteiger partial charge in [-0.05, 0) is 30.1 Å². The maximum Gasteiger partial charge on any atom is 0.223 e. The molecular weight excluding hydrogens is 356 g/mol. The molecule has 2 atom stereocenters. The number of carbonyl (C=O) groups excluding carboxylic acids is 2. The molecule has 28 heavy (non-hydrogen) atoms. The molecule has 1 aliphatic rings. The van der Waals surface area contributed by atoms with Crippen molar-refractivity contribution in [3.63, 3.8) is 0 Å². The number of hydrogen-bond acceptors (Lipinski definition) is 4. The van der Waals surface area contributed by atoms with Crippen LogP contribution in [0.4, 0.5) is 0 Å². The number of likely N-dealkylation sites (tertiary alicyclic amines) is 1. The highest BCUT2D eigenvalue weighted by Crippen LogP contribution is 2.37. The first-order valence-corrected chi connectivity index (χ1v) is 10.6. The molecule has 164 valence electrons. The van der Waals surface area contributed by atoms with E-state index < -0.39 is 0 Å². The Morgan fingerprint density at radius 1 is 1.14 bits per heavy atom. The lowest BCUT2D eigenvalue weighted by molar-refractivity contribution is -0.136. The molecule has 6 nitrogen and oxygen atoms in total. The molecule has 1 heterocycles. The molecular formula is C22H42N2O4. The molecule has 0 spiro atoms. The Morgan fingerprint density at radius 3 is 2.39 bits per heavy atom. The Hall–Kier alpha value is -1.14. The Labute approximate surface area is 171 Å². The van der Waals surface area contributed by atoms with Gasteiger partial charge in [-0.3, -0.25) is 9.59 Å². The van der Waals surface area contributed by atoms with Gasteiger partial charge in [-0.25, -0.2) is 0 Å². The highest BCUT2D eigenvalue weighted by atomic mass is 16.5. The predicted molar refractivity (Wildman–Crippen MR) is 112 cm³/mol. The van der Waals surface area contributed by atoms with Crippen LogP contribution in [0, 0.1) is 10.8 Å². The first-order valence-electron chi connectivity index (χ1n) is 10.6. The molecule has 0 aromatic heterocycles. The fraction of sp³-hybridized carbons (Fsp3) is 0.909. The zero-order chi connectivity index (χ0) is 21.4. The van der Waals surface area contributed by atoms with Gasteiger partial charge in [0, 0.05) is 40.2 Å². The van der Waals surface area contributed by atoms with Crippen molar-refractivity contribution >= 4 is 11.8 Å². The molecule has 0 aromatic rings. The van der Waals surface area contributed by atoms with Crippen molar-refractivity contribution in [1.82, 2.24) is 10.2 Å². The highest BCUT2D eigenvalue weighted by Gasteiger charge is 2.38. The minimum atomic E-state index is -0.155. The molecule has 1 rings (SSSR count). The summed E-state index contributed by atoms with van der Waals surface area (Å²) in [5, 5.41) is 3.06. The number of unbranched alkanes of at least 4 members (excludes halogenated alkanes) is 1. The van der Waals surface area contributed by atoms with Crippen molar-refractivity contribution < 1.29 is 19.1 Å². The van der Waals surface area contributed by atoms with Crippen molar-refractivity contribution in [3.05, 3.63) is 0 Å². The molecule has 1 N–H and O–H groups in total. The van der Waals surface area contributed by atoms with Crippen LogP contribution in [0.2, 0.25) is 0 Å². The second kappa shape index (κ2) is 11.1. The van der Waals surface area contributed by atoms with Crippen LogP contribution in [0.25, 0.3) is 0 Å². The van der Waals surface area contributed by atoms with Crippen LogP contribution in [-0.4, -0.2) is 62.8 Å². The van der Waals surface area contributed by atoms with Gasteiger partial charge < -0.3 is 19.7 Å². The van der Waals surface area contributed by atoms with E-state index >= 15 is 0 Å². The van der Waals surface area contributed by atoms with Crippen LogP contribution in [0.5, 0.6) is 0 Å². The second-order valence-electron chi connectivity index (χ2n) is 9.81. The number of nitrogens with zero attached hydrogens (tertiary/aromatic N) is 1. The molecule has 0 bridgehead atoms. The van der Waals surface area contributed by atoms with Gasteiger partial charge >= 0.3 is 0 Å². The van der Waals surface area contributed by atoms with Crippen LogP contribution < -0.4 is 5.32 Å². The van der Waals surface area contributed by atoms with Crippen molar-refractivity contribution in [2.45, 2.75) is 85.3 Å². The van der Waals surface area contributed by atoms with Crippen molar-refractivity contribution in [3.8, 4) is 0 Å². The lowest BCUT2D eigenvalue weighted by Gasteiger charge is -2.36. The molecule has 1 saturated heterocycles. The highest BCUT2D eigenvalue weighted by molar-refractivity contribution is 5.77. The minimum absolute atomic E-state index is 0.0718. The third-order valence-corrected chi connectivity index (χ3v) is 5.50. The molecule has 1 fully saturated rings.